The Morgan fingerprint density at radius 1 is 0.857 bits per heavy atom. The van der Waals surface area contributed by atoms with Gasteiger partial charge in [-0.1, -0.05) is 45.4 Å². The highest BCUT2D eigenvalue weighted by molar-refractivity contribution is 4.88. The Balaban J connectivity index is 2.16. The van der Waals surface area contributed by atoms with Gasteiger partial charge in [-0.2, -0.15) is 0 Å². The number of rotatable bonds is 10. The number of hydrogen-bond donors (Lipinski definition) is 4. The summed E-state index contributed by atoms with van der Waals surface area (Å²) < 4.78 is 10.7. The molecule has 1 heterocycles. The fraction of sp³-hybridized carbons (Fsp3) is 1.00. The Bertz CT molecular complexity index is 261. The molecule has 0 aromatic heterocycles. The maximum atomic E-state index is 9.78. The van der Waals surface area contributed by atoms with Crippen LogP contribution in [0.3, 0.4) is 0 Å². The summed E-state index contributed by atoms with van der Waals surface area (Å²) in [5.41, 5.74) is 0. The number of hydrogen-bond acceptors (Lipinski definition) is 6. The van der Waals surface area contributed by atoms with Crippen LogP contribution in [0.1, 0.15) is 51.9 Å². The van der Waals surface area contributed by atoms with E-state index >= 15 is 0 Å². The van der Waals surface area contributed by atoms with Gasteiger partial charge in [-0.15, -0.1) is 0 Å². The predicted molar refractivity (Wildman–Crippen MR) is 77.7 cm³/mol. The van der Waals surface area contributed by atoms with Gasteiger partial charge < -0.3 is 29.9 Å². The highest BCUT2D eigenvalue weighted by Gasteiger charge is 2.43. The minimum atomic E-state index is -1.37. The van der Waals surface area contributed by atoms with Crippen LogP contribution in [0.15, 0.2) is 0 Å². The average molecular weight is 306 g/mol. The molecule has 6 nitrogen and oxygen atoms in total. The third kappa shape index (κ3) is 6.18. The molecule has 1 aliphatic rings. The summed E-state index contributed by atoms with van der Waals surface area (Å²) in [6.07, 6.45) is 2.20. The molecule has 21 heavy (non-hydrogen) atoms. The van der Waals surface area contributed by atoms with Crippen LogP contribution in [-0.4, -0.2) is 64.3 Å². The zero-order chi connectivity index (χ0) is 15.7. The number of unbranched alkanes of at least 4 members (excludes halogenated alkanes) is 6. The van der Waals surface area contributed by atoms with Crippen LogP contribution < -0.4 is 0 Å². The summed E-state index contributed by atoms with van der Waals surface area (Å²) in [5.74, 6) is 0. The van der Waals surface area contributed by atoms with Crippen molar-refractivity contribution in [3.05, 3.63) is 0 Å². The molecule has 0 unspecified atom stereocenters. The summed E-state index contributed by atoms with van der Waals surface area (Å²) in [6.45, 7) is 2.19. The van der Waals surface area contributed by atoms with Gasteiger partial charge in [0.15, 0.2) is 6.29 Å². The van der Waals surface area contributed by atoms with Crippen molar-refractivity contribution in [2.45, 2.75) is 82.6 Å². The third-order valence-corrected chi connectivity index (χ3v) is 3.88. The van der Waals surface area contributed by atoms with Crippen LogP contribution in [0.4, 0.5) is 0 Å². The first-order chi connectivity index (χ1) is 10.1. The van der Waals surface area contributed by atoms with E-state index in [0.29, 0.717) is 6.61 Å². The number of ether oxygens (including phenoxy) is 2. The Morgan fingerprint density at radius 2 is 1.48 bits per heavy atom. The van der Waals surface area contributed by atoms with Gasteiger partial charge in [0.25, 0.3) is 0 Å². The maximum Gasteiger partial charge on any atom is 0.186 e. The summed E-state index contributed by atoms with van der Waals surface area (Å²) in [4.78, 5) is 0. The Morgan fingerprint density at radius 3 is 2.10 bits per heavy atom. The largest absolute Gasteiger partial charge is 0.394 e. The van der Waals surface area contributed by atoms with Gasteiger partial charge >= 0.3 is 0 Å². The van der Waals surface area contributed by atoms with Gasteiger partial charge in [-0.05, 0) is 6.42 Å². The highest BCUT2D eigenvalue weighted by atomic mass is 16.7. The molecule has 1 rings (SSSR count). The van der Waals surface area contributed by atoms with Gasteiger partial charge in [-0.25, -0.2) is 0 Å². The molecule has 0 bridgehead atoms. The third-order valence-electron chi connectivity index (χ3n) is 3.88. The Labute approximate surface area is 126 Å². The van der Waals surface area contributed by atoms with Crippen molar-refractivity contribution in [3.63, 3.8) is 0 Å². The molecule has 1 aliphatic heterocycles. The second-order valence-corrected chi connectivity index (χ2v) is 5.69. The molecule has 0 saturated carbocycles. The smallest absolute Gasteiger partial charge is 0.186 e. The molecular formula is C15H30O6. The molecule has 0 aromatic rings. The molecule has 0 radical (unpaired) electrons. The highest BCUT2D eigenvalue weighted by Crippen LogP contribution is 2.22. The van der Waals surface area contributed by atoms with Crippen LogP contribution in [0.2, 0.25) is 0 Å². The van der Waals surface area contributed by atoms with E-state index in [1.165, 1.54) is 25.7 Å². The summed E-state index contributed by atoms with van der Waals surface area (Å²) in [6, 6.07) is 0. The fourth-order valence-electron chi connectivity index (χ4n) is 2.46. The first-order valence-corrected chi connectivity index (χ1v) is 8.04. The second kappa shape index (κ2) is 10.5. The minimum Gasteiger partial charge on any atom is -0.394 e. The molecule has 1 saturated heterocycles. The van der Waals surface area contributed by atoms with Gasteiger partial charge in [0.1, 0.15) is 24.4 Å². The van der Waals surface area contributed by atoms with Crippen LogP contribution in [-0.2, 0) is 9.47 Å². The molecule has 4 N–H and O–H groups in total. The maximum absolute atomic E-state index is 9.78. The van der Waals surface area contributed by atoms with Crippen molar-refractivity contribution in [2.24, 2.45) is 0 Å². The van der Waals surface area contributed by atoms with E-state index in [2.05, 4.69) is 6.92 Å². The monoisotopic (exact) mass is 306 g/mol. The van der Waals surface area contributed by atoms with Crippen molar-refractivity contribution in [1.29, 1.82) is 0 Å². The Hall–Kier alpha value is -0.240. The molecular weight excluding hydrogens is 276 g/mol. The van der Waals surface area contributed by atoms with Crippen LogP contribution in [0.5, 0.6) is 0 Å². The topological polar surface area (TPSA) is 99.4 Å². The normalized spacial score (nSPS) is 33.3. The quantitative estimate of drug-likeness (QED) is 0.440. The van der Waals surface area contributed by atoms with Gasteiger partial charge in [0, 0.05) is 6.61 Å². The number of aliphatic hydroxyl groups excluding tert-OH is 4. The lowest BCUT2D eigenvalue weighted by atomic mass is 9.99. The van der Waals surface area contributed by atoms with E-state index in [1.54, 1.807) is 0 Å². The fourth-order valence-corrected chi connectivity index (χ4v) is 2.46. The first-order valence-electron chi connectivity index (χ1n) is 8.04. The van der Waals surface area contributed by atoms with E-state index in [0.717, 1.165) is 19.3 Å². The molecule has 126 valence electrons. The second-order valence-electron chi connectivity index (χ2n) is 5.69. The van der Waals surface area contributed by atoms with Crippen molar-refractivity contribution in [3.8, 4) is 0 Å². The number of aliphatic hydroxyl groups is 4. The van der Waals surface area contributed by atoms with Crippen molar-refractivity contribution in [1.82, 2.24) is 0 Å². The molecule has 1 fully saturated rings. The SMILES string of the molecule is CCCCCCCCCO[C@@H]1O[C@H](CO)[C@H](O)[C@H](O)[C@@H]1O. The summed E-state index contributed by atoms with van der Waals surface area (Å²) in [5, 5.41) is 38.1. The van der Waals surface area contributed by atoms with Gasteiger partial charge in [0.2, 0.25) is 0 Å². The zero-order valence-electron chi connectivity index (χ0n) is 12.9. The van der Waals surface area contributed by atoms with Crippen LogP contribution in [0, 0.1) is 0 Å². The molecule has 5 atom stereocenters. The van der Waals surface area contributed by atoms with Crippen LogP contribution >= 0.6 is 0 Å². The molecule has 0 spiro atoms. The summed E-state index contributed by atoms with van der Waals surface area (Å²) >= 11 is 0. The predicted octanol–water partition coefficient (Wildman–Crippen LogP) is 0.553. The van der Waals surface area contributed by atoms with E-state index in [9.17, 15) is 15.3 Å². The standard InChI is InChI=1S/C15H30O6/c1-2-3-4-5-6-7-8-9-20-15-14(19)13(18)12(17)11(10-16)21-15/h11-19H,2-10H2,1H3/t11-,12+,13+,14+,15-/m1/s1. The first kappa shape index (κ1) is 18.8. The van der Waals surface area contributed by atoms with E-state index in [1.807, 2.05) is 0 Å². The van der Waals surface area contributed by atoms with Crippen molar-refractivity contribution in [2.75, 3.05) is 13.2 Å². The van der Waals surface area contributed by atoms with Crippen molar-refractivity contribution >= 4 is 0 Å². The van der Waals surface area contributed by atoms with Gasteiger partial charge in [-0.3, -0.25) is 0 Å². The van der Waals surface area contributed by atoms with Crippen molar-refractivity contribution < 1.29 is 29.9 Å². The lowest BCUT2D eigenvalue weighted by Gasteiger charge is -2.39. The average Bonchev–Trinajstić information content (AvgIpc) is 2.49. The Kier molecular flexibility index (Phi) is 9.39. The lowest BCUT2D eigenvalue weighted by molar-refractivity contribution is -0.301. The zero-order valence-corrected chi connectivity index (χ0v) is 12.9. The molecule has 6 heteroatoms. The lowest BCUT2D eigenvalue weighted by Crippen LogP contribution is -2.59. The molecule has 0 amide bonds. The molecule has 0 aromatic carbocycles. The molecule has 0 aliphatic carbocycles. The van der Waals surface area contributed by atoms with E-state index < -0.39 is 37.3 Å². The van der Waals surface area contributed by atoms with Gasteiger partial charge in [0.05, 0.1) is 6.61 Å². The van der Waals surface area contributed by atoms with Crippen LogP contribution in [0.25, 0.3) is 0 Å². The minimum absolute atomic E-state index is 0.427. The van der Waals surface area contributed by atoms with E-state index in [-0.39, 0.29) is 0 Å². The summed E-state index contributed by atoms with van der Waals surface area (Å²) in [7, 11) is 0. The van der Waals surface area contributed by atoms with E-state index in [4.69, 9.17) is 14.6 Å².